The van der Waals surface area contributed by atoms with Gasteiger partial charge in [-0.15, -0.1) is 0 Å². The number of nitrogens with one attached hydrogen (secondary N) is 1. The molecule has 0 saturated carbocycles. The fourth-order valence-corrected chi connectivity index (χ4v) is 1.15. The van der Waals surface area contributed by atoms with Crippen molar-refractivity contribution in [3.8, 4) is 5.75 Å². The molecular weight excluding hydrogens is 259 g/mol. The molecule has 0 spiro atoms. The molecule has 3 N–H and O–H groups in total. The molecule has 100 valence electrons. The van der Waals surface area contributed by atoms with Crippen LogP contribution in [0.1, 0.15) is 0 Å². The first kappa shape index (κ1) is 14.2. The molecule has 1 atom stereocenters. The summed E-state index contributed by atoms with van der Waals surface area (Å²) in [5.74, 6) is -5.79. The molecule has 0 bridgehead atoms. The monoisotopic (exact) mass is 268 g/mol. The van der Waals surface area contributed by atoms with Crippen LogP contribution in [-0.2, 0) is 0 Å². The Balaban J connectivity index is 2.76. The molecule has 18 heavy (non-hydrogen) atoms. The van der Waals surface area contributed by atoms with E-state index in [4.69, 9.17) is 11.1 Å². The summed E-state index contributed by atoms with van der Waals surface area (Å²) >= 11 is 0. The molecule has 8 heteroatoms. The van der Waals surface area contributed by atoms with E-state index in [0.29, 0.717) is 6.07 Å². The van der Waals surface area contributed by atoms with E-state index in [1.807, 2.05) is 0 Å². The van der Waals surface area contributed by atoms with Gasteiger partial charge in [0.05, 0.1) is 0 Å². The number of ether oxygens (including phenoxy) is 1. The zero-order valence-electron chi connectivity index (χ0n) is 8.89. The predicted octanol–water partition coefficient (Wildman–Crippen LogP) is 2.46. The quantitative estimate of drug-likeness (QED) is 0.500. The van der Waals surface area contributed by atoms with Crippen molar-refractivity contribution in [1.82, 2.24) is 0 Å². The SMILES string of the molecule is N=C(N)C(COc1cc(F)cc(F)c1)C(F)(F)F. The van der Waals surface area contributed by atoms with Gasteiger partial charge in [-0.2, -0.15) is 13.2 Å². The number of halogens is 5. The fourth-order valence-electron chi connectivity index (χ4n) is 1.15. The minimum atomic E-state index is -4.75. The van der Waals surface area contributed by atoms with Gasteiger partial charge in [-0.05, 0) is 0 Å². The molecule has 0 aromatic heterocycles. The van der Waals surface area contributed by atoms with Gasteiger partial charge in [0.25, 0.3) is 0 Å². The summed E-state index contributed by atoms with van der Waals surface area (Å²) in [5.41, 5.74) is 4.78. The first-order chi connectivity index (χ1) is 8.20. The predicted molar refractivity (Wildman–Crippen MR) is 53.3 cm³/mol. The summed E-state index contributed by atoms with van der Waals surface area (Å²) in [4.78, 5) is 0. The van der Waals surface area contributed by atoms with Crippen LogP contribution >= 0.6 is 0 Å². The number of alkyl halides is 3. The van der Waals surface area contributed by atoms with Crippen LogP contribution in [0.4, 0.5) is 22.0 Å². The maximum Gasteiger partial charge on any atom is 0.401 e. The van der Waals surface area contributed by atoms with Gasteiger partial charge in [-0.25, -0.2) is 8.78 Å². The Morgan fingerprint density at radius 3 is 2.11 bits per heavy atom. The van der Waals surface area contributed by atoms with Gasteiger partial charge in [-0.3, -0.25) is 5.41 Å². The molecule has 0 aliphatic carbocycles. The van der Waals surface area contributed by atoms with E-state index in [9.17, 15) is 22.0 Å². The highest BCUT2D eigenvalue weighted by molar-refractivity contribution is 5.80. The van der Waals surface area contributed by atoms with Crippen molar-refractivity contribution in [2.45, 2.75) is 6.18 Å². The van der Waals surface area contributed by atoms with E-state index < -0.39 is 41.9 Å². The third kappa shape index (κ3) is 3.86. The summed E-state index contributed by atoms with van der Waals surface area (Å²) in [6.07, 6.45) is -4.75. The average Bonchev–Trinajstić information content (AvgIpc) is 2.12. The highest BCUT2D eigenvalue weighted by Crippen LogP contribution is 2.27. The lowest BCUT2D eigenvalue weighted by molar-refractivity contribution is -0.162. The second-order valence-electron chi connectivity index (χ2n) is 3.47. The second-order valence-corrected chi connectivity index (χ2v) is 3.47. The molecule has 0 aliphatic heterocycles. The van der Waals surface area contributed by atoms with Crippen LogP contribution in [0.2, 0.25) is 0 Å². The van der Waals surface area contributed by atoms with E-state index >= 15 is 0 Å². The summed E-state index contributed by atoms with van der Waals surface area (Å²) in [6.45, 7) is -1.01. The zero-order chi connectivity index (χ0) is 13.9. The summed E-state index contributed by atoms with van der Waals surface area (Å²) < 4.78 is 67.2. The van der Waals surface area contributed by atoms with Crippen molar-refractivity contribution in [1.29, 1.82) is 5.41 Å². The molecular formula is C10H9F5N2O. The summed E-state index contributed by atoms with van der Waals surface area (Å²) in [6, 6.07) is 2.02. The van der Waals surface area contributed by atoms with Gasteiger partial charge in [0, 0.05) is 18.2 Å². The molecule has 0 heterocycles. The highest BCUT2D eigenvalue weighted by atomic mass is 19.4. The lowest BCUT2D eigenvalue weighted by atomic mass is 10.1. The topological polar surface area (TPSA) is 59.1 Å². The van der Waals surface area contributed by atoms with E-state index in [2.05, 4.69) is 4.74 Å². The fraction of sp³-hybridized carbons (Fsp3) is 0.300. The first-order valence-corrected chi connectivity index (χ1v) is 4.69. The Morgan fingerprint density at radius 2 is 1.72 bits per heavy atom. The Morgan fingerprint density at radius 1 is 1.22 bits per heavy atom. The van der Waals surface area contributed by atoms with Crippen LogP contribution in [0.25, 0.3) is 0 Å². The van der Waals surface area contributed by atoms with Crippen LogP contribution in [-0.4, -0.2) is 18.6 Å². The van der Waals surface area contributed by atoms with Gasteiger partial charge in [0.15, 0.2) is 0 Å². The van der Waals surface area contributed by atoms with Crippen LogP contribution < -0.4 is 10.5 Å². The summed E-state index contributed by atoms with van der Waals surface area (Å²) in [5, 5.41) is 6.79. The van der Waals surface area contributed by atoms with E-state index in [1.54, 1.807) is 0 Å². The number of benzene rings is 1. The van der Waals surface area contributed by atoms with Crippen LogP contribution in [0, 0.1) is 23.0 Å². The van der Waals surface area contributed by atoms with E-state index in [0.717, 1.165) is 12.1 Å². The van der Waals surface area contributed by atoms with Gasteiger partial charge < -0.3 is 10.5 Å². The van der Waals surface area contributed by atoms with Crippen LogP contribution in [0.15, 0.2) is 18.2 Å². The van der Waals surface area contributed by atoms with Gasteiger partial charge >= 0.3 is 6.18 Å². The first-order valence-electron chi connectivity index (χ1n) is 4.69. The van der Waals surface area contributed by atoms with Gasteiger partial charge in [-0.1, -0.05) is 0 Å². The van der Waals surface area contributed by atoms with Crippen molar-refractivity contribution in [3.05, 3.63) is 29.8 Å². The lowest BCUT2D eigenvalue weighted by Gasteiger charge is -2.19. The number of nitrogens with two attached hydrogens (primary N) is 1. The van der Waals surface area contributed by atoms with Crippen LogP contribution in [0.3, 0.4) is 0 Å². The zero-order valence-corrected chi connectivity index (χ0v) is 8.89. The molecule has 0 amide bonds. The molecule has 1 unspecified atom stereocenters. The van der Waals surface area contributed by atoms with Gasteiger partial charge in [0.2, 0.25) is 0 Å². The third-order valence-corrected chi connectivity index (χ3v) is 2.02. The smallest absolute Gasteiger partial charge is 0.401 e. The molecule has 1 rings (SSSR count). The molecule has 1 aromatic carbocycles. The van der Waals surface area contributed by atoms with Crippen molar-refractivity contribution < 1.29 is 26.7 Å². The van der Waals surface area contributed by atoms with Crippen molar-refractivity contribution in [2.75, 3.05) is 6.61 Å². The molecule has 0 fully saturated rings. The minimum absolute atomic E-state index is 0.400. The Hall–Kier alpha value is -1.86. The number of rotatable bonds is 4. The molecule has 0 radical (unpaired) electrons. The number of hydrogen-bond acceptors (Lipinski definition) is 2. The standard InChI is InChI=1S/C10H9F5N2O/c11-5-1-6(12)3-7(2-5)18-4-8(9(16)17)10(13,14)15/h1-3,8H,4H2,(H3,16,17). The summed E-state index contributed by atoms with van der Waals surface area (Å²) in [7, 11) is 0. The third-order valence-electron chi connectivity index (χ3n) is 2.02. The largest absolute Gasteiger partial charge is 0.492 e. The van der Waals surface area contributed by atoms with Crippen molar-refractivity contribution >= 4 is 5.84 Å². The normalized spacial score (nSPS) is 13.2. The van der Waals surface area contributed by atoms with Crippen molar-refractivity contribution in [2.24, 2.45) is 11.7 Å². The van der Waals surface area contributed by atoms with Crippen LogP contribution in [0.5, 0.6) is 5.75 Å². The maximum atomic E-state index is 12.7. The number of hydrogen-bond donors (Lipinski definition) is 2. The molecule has 1 aromatic rings. The Bertz CT molecular complexity index is 426. The maximum absolute atomic E-state index is 12.7. The van der Waals surface area contributed by atoms with E-state index in [1.165, 1.54) is 0 Å². The van der Waals surface area contributed by atoms with Gasteiger partial charge in [0.1, 0.15) is 35.7 Å². The molecule has 0 saturated heterocycles. The lowest BCUT2D eigenvalue weighted by Crippen LogP contribution is -2.39. The Labute approximate surface area is 98.9 Å². The number of amidine groups is 1. The minimum Gasteiger partial charge on any atom is -0.492 e. The average molecular weight is 268 g/mol. The molecule has 0 aliphatic rings. The highest BCUT2D eigenvalue weighted by Gasteiger charge is 2.42. The molecule has 3 nitrogen and oxygen atoms in total. The van der Waals surface area contributed by atoms with E-state index in [-0.39, 0.29) is 0 Å². The van der Waals surface area contributed by atoms with Crippen molar-refractivity contribution in [3.63, 3.8) is 0 Å². The Kier molecular flexibility index (Phi) is 4.10. The second kappa shape index (κ2) is 5.19.